The Morgan fingerprint density at radius 2 is 1.84 bits per heavy atom. The van der Waals surface area contributed by atoms with Crippen molar-refractivity contribution in [3.8, 4) is 0 Å². The van der Waals surface area contributed by atoms with E-state index in [0.29, 0.717) is 10.2 Å². The first-order chi connectivity index (χ1) is 8.90. The van der Waals surface area contributed by atoms with Gasteiger partial charge in [-0.2, -0.15) is 0 Å². The van der Waals surface area contributed by atoms with E-state index in [0.717, 1.165) is 11.8 Å². The molecule has 2 unspecified atom stereocenters. The average molecular weight is 323 g/mol. The molecule has 1 aliphatic rings. The molecule has 1 aromatic carbocycles. The van der Waals surface area contributed by atoms with Crippen LogP contribution in [-0.2, 0) is 6.42 Å². The summed E-state index contributed by atoms with van der Waals surface area (Å²) >= 11 is 3.96. The van der Waals surface area contributed by atoms with Gasteiger partial charge in [-0.05, 0) is 47.6 Å². The Morgan fingerprint density at radius 3 is 2.32 bits per heavy atom. The van der Waals surface area contributed by atoms with Crippen LogP contribution in [0.15, 0.2) is 24.3 Å². The summed E-state index contributed by atoms with van der Waals surface area (Å²) < 4.78 is 0. The van der Waals surface area contributed by atoms with Gasteiger partial charge in [-0.15, -0.1) is 0 Å². The molecule has 1 heteroatoms. The number of alkyl halides is 1. The third kappa shape index (κ3) is 3.62. The normalized spacial score (nSPS) is 23.8. The molecule has 0 spiro atoms. The summed E-state index contributed by atoms with van der Waals surface area (Å²) in [5.74, 6) is 1.50. The highest BCUT2D eigenvalue weighted by molar-refractivity contribution is 9.09. The Bertz CT molecular complexity index is 402. The molecule has 1 fully saturated rings. The highest BCUT2D eigenvalue weighted by Crippen LogP contribution is 2.51. The van der Waals surface area contributed by atoms with Crippen molar-refractivity contribution in [2.45, 2.75) is 58.2 Å². The van der Waals surface area contributed by atoms with Crippen LogP contribution >= 0.6 is 15.9 Å². The standard InChI is InChI=1S/C18H27Br/c1-13(2)12-14-7-9-15(10-8-14)17(19)16-6-5-11-18(16,3)4/h7-10,13,16-17H,5-6,11-12H2,1-4H3. The minimum atomic E-state index is 0.477. The lowest BCUT2D eigenvalue weighted by Gasteiger charge is -2.31. The number of hydrogen-bond donors (Lipinski definition) is 0. The number of halogens is 1. The molecular formula is C18H27Br. The van der Waals surface area contributed by atoms with Gasteiger partial charge in [0.1, 0.15) is 0 Å². The molecule has 0 nitrogen and oxygen atoms in total. The van der Waals surface area contributed by atoms with Gasteiger partial charge in [-0.3, -0.25) is 0 Å². The van der Waals surface area contributed by atoms with E-state index in [1.54, 1.807) is 0 Å². The second-order valence-electron chi connectivity index (χ2n) is 7.23. The molecule has 0 radical (unpaired) electrons. The molecule has 19 heavy (non-hydrogen) atoms. The fourth-order valence-electron chi connectivity index (χ4n) is 3.44. The highest BCUT2D eigenvalue weighted by Gasteiger charge is 2.38. The van der Waals surface area contributed by atoms with E-state index in [1.807, 2.05) is 0 Å². The molecule has 0 bridgehead atoms. The zero-order valence-corrected chi connectivity index (χ0v) is 14.3. The van der Waals surface area contributed by atoms with Gasteiger partial charge < -0.3 is 0 Å². The van der Waals surface area contributed by atoms with Gasteiger partial charge in [-0.1, -0.05) is 74.3 Å². The monoisotopic (exact) mass is 322 g/mol. The maximum atomic E-state index is 3.96. The molecule has 0 heterocycles. The van der Waals surface area contributed by atoms with Crippen LogP contribution in [-0.4, -0.2) is 0 Å². The molecule has 0 amide bonds. The van der Waals surface area contributed by atoms with Crippen molar-refractivity contribution in [2.75, 3.05) is 0 Å². The highest BCUT2D eigenvalue weighted by atomic mass is 79.9. The third-order valence-electron chi connectivity index (χ3n) is 4.64. The zero-order chi connectivity index (χ0) is 14.0. The predicted molar refractivity (Wildman–Crippen MR) is 87.8 cm³/mol. The Morgan fingerprint density at radius 1 is 1.21 bits per heavy atom. The maximum absolute atomic E-state index is 3.96. The minimum absolute atomic E-state index is 0.477. The molecule has 0 aliphatic heterocycles. The largest absolute Gasteiger partial charge is 0.0836 e. The van der Waals surface area contributed by atoms with Crippen LogP contribution in [0, 0.1) is 17.3 Å². The molecule has 106 valence electrons. The van der Waals surface area contributed by atoms with Gasteiger partial charge in [0.2, 0.25) is 0 Å². The smallest absolute Gasteiger partial charge is 0.0428 e. The van der Waals surface area contributed by atoms with Gasteiger partial charge in [0.15, 0.2) is 0 Å². The summed E-state index contributed by atoms with van der Waals surface area (Å²) in [6.45, 7) is 9.41. The van der Waals surface area contributed by atoms with Gasteiger partial charge in [0, 0.05) is 4.83 Å². The number of rotatable bonds is 4. The van der Waals surface area contributed by atoms with Gasteiger partial charge in [0.25, 0.3) is 0 Å². The van der Waals surface area contributed by atoms with Crippen molar-refractivity contribution >= 4 is 15.9 Å². The minimum Gasteiger partial charge on any atom is -0.0836 e. The molecule has 0 aromatic heterocycles. The molecule has 0 N–H and O–H groups in total. The second kappa shape index (κ2) is 5.99. The van der Waals surface area contributed by atoms with Crippen molar-refractivity contribution in [3.63, 3.8) is 0 Å². The Hall–Kier alpha value is -0.300. The van der Waals surface area contributed by atoms with Gasteiger partial charge in [0.05, 0.1) is 0 Å². The van der Waals surface area contributed by atoms with E-state index in [4.69, 9.17) is 0 Å². The molecule has 2 rings (SSSR count). The quantitative estimate of drug-likeness (QED) is 0.583. The summed E-state index contributed by atoms with van der Waals surface area (Å²) in [5, 5.41) is 0. The predicted octanol–water partition coefficient (Wildman–Crippen LogP) is 6.15. The van der Waals surface area contributed by atoms with Crippen LogP contribution in [0.1, 0.15) is 62.9 Å². The van der Waals surface area contributed by atoms with Crippen LogP contribution < -0.4 is 0 Å². The Balaban J connectivity index is 2.09. The maximum Gasteiger partial charge on any atom is 0.0428 e. The van der Waals surface area contributed by atoms with Crippen molar-refractivity contribution in [1.29, 1.82) is 0 Å². The Kier molecular flexibility index (Phi) is 4.76. The second-order valence-corrected chi connectivity index (χ2v) is 8.22. The summed E-state index contributed by atoms with van der Waals surface area (Å²) in [4.78, 5) is 0.512. The van der Waals surface area contributed by atoms with E-state index in [-0.39, 0.29) is 0 Å². The van der Waals surface area contributed by atoms with Gasteiger partial charge >= 0.3 is 0 Å². The van der Waals surface area contributed by atoms with Crippen LogP contribution in [0.25, 0.3) is 0 Å². The van der Waals surface area contributed by atoms with E-state index in [9.17, 15) is 0 Å². The molecule has 1 aliphatic carbocycles. The van der Waals surface area contributed by atoms with E-state index in [2.05, 4.69) is 67.9 Å². The number of hydrogen-bond acceptors (Lipinski definition) is 0. The fraction of sp³-hybridized carbons (Fsp3) is 0.667. The van der Waals surface area contributed by atoms with Crippen molar-refractivity contribution in [1.82, 2.24) is 0 Å². The van der Waals surface area contributed by atoms with Crippen LogP contribution in [0.2, 0.25) is 0 Å². The molecule has 1 aromatic rings. The summed E-state index contributed by atoms with van der Waals surface area (Å²) in [5.41, 5.74) is 3.39. The SMILES string of the molecule is CC(C)Cc1ccc(C(Br)C2CCCC2(C)C)cc1. The lowest BCUT2D eigenvalue weighted by molar-refractivity contribution is 0.257. The first-order valence-electron chi connectivity index (χ1n) is 7.63. The van der Waals surface area contributed by atoms with Crippen molar-refractivity contribution in [3.05, 3.63) is 35.4 Å². The van der Waals surface area contributed by atoms with E-state index >= 15 is 0 Å². The average Bonchev–Trinajstić information content (AvgIpc) is 2.68. The lowest BCUT2D eigenvalue weighted by Crippen LogP contribution is -2.21. The third-order valence-corrected chi connectivity index (χ3v) is 5.80. The van der Waals surface area contributed by atoms with Crippen LogP contribution in [0.3, 0.4) is 0 Å². The van der Waals surface area contributed by atoms with Crippen molar-refractivity contribution < 1.29 is 0 Å². The lowest BCUT2D eigenvalue weighted by atomic mass is 9.78. The summed E-state index contributed by atoms with van der Waals surface area (Å²) in [6, 6.07) is 9.27. The van der Waals surface area contributed by atoms with E-state index < -0.39 is 0 Å². The molecular weight excluding hydrogens is 296 g/mol. The van der Waals surface area contributed by atoms with Crippen LogP contribution in [0.4, 0.5) is 0 Å². The van der Waals surface area contributed by atoms with E-state index in [1.165, 1.54) is 36.8 Å². The Labute approximate surface area is 127 Å². The number of benzene rings is 1. The summed E-state index contributed by atoms with van der Waals surface area (Å²) in [7, 11) is 0. The molecule has 1 saturated carbocycles. The van der Waals surface area contributed by atoms with Crippen molar-refractivity contribution in [2.24, 2.45) is 17.3 Å². The first kappa shape index (κ1) is 15.1. The first-order valence-corrected chi connectivity index (χ1v) is 8.54. The fourth-order valence-corrected chi connectivity index (χ4v) is 4.72. The van der Waals surface area contributed by atoms with Crippen LogP contribution in [0.5, 0.6) is 0 Å². The van der Waals surface area contributed by atoms with Gasteiger partial charge in [-0.25, -0.2) is 0 Å². The zero-order valence-electron chi connectivity index (χ0n) is 12.7. The summed E-state index contributed by atoms with van der Waals surface area (Å²) in [6.07, 6.45) is 5.29. The molecule has 0 saturated heterocycles. The topological polar surface area (TPSA) is 0 Å². The molecule has 2 atom stereocenters.